The number of fused-ring (bicyclic) bond motifs is 2. The van der Waals surface area contributed by atoms with Gasteiger partial charge in [-0.05, 0) is 24.3 Å². The number of hydrogen-bond donors (Lipinski definition) is 2. The van der Waals surface area contributed by atoms with Gasteiger partial charge in [-0.15, -0.1) is 0 Å². The third kappa shape index (κ3) is 3.64. The molecule has 0 unspecified atom stereocenters. The summed E-state index contributed by atoms with van der Waals surface area (Å²) in [6, 6.07) is 7.27. The van der Waals surface area contributed by atoms with Gasteiger partial charge in [-0.3, -0.25) is 14.6 Å². The fourth-order valence-electron chi connectivity index (χ4n) is 3.95. The molecule has 0 saturated heterocycles. The van der Waals surface area contributed by atoms with Crippen LogP contribution in [0.4, 0.5) is 26.3 Å². The number of nitrogens with zero attached hydrogens (tertiary/aromatic N) is 3. The number of hydrogen-bond acceptors (Lipinski definition) is 4. The van der Waals surface area contributed by atoms with Crippen LogP contribution in [0.25, 0.3) is 38.6 Å². The van der Waals surface area contributed by atoms with Crippen molar-refractivity contribution in [2.45, 2.75) is 12.4 Å². The number of H-pyrrole nitrogens is 2. The highest BCUT2D eigenvalue weighted by molar-refractivity contribution is 5.90. The third-order valence-corrected chi connectivity index (χ3v) is 5.36. The average Bonchev–Trinajstić information content (AvgIpc) is 3.24. The highest BCUT2D eigenvalue weighted by Crippen LogP contribution is 2.39. The lowest BCUT2D eigenvalue weighted by molar-refractivity contribution is -0.142. The molecule has 35 heavy (non-hydrogen) atoms. The Morgan fingerprint density at radius 2 is 1.69 bits per heavy atom. The van der Waals surface area contributed by atoms with Crippen LogP contribution in [0.15, 0.2) is 64.6 Å². The Bertz CT molecular complexity index is 1730. The van der Waals surface area contributed by atoms with Crippen molar-refractivity contribution in [2.75, 3.05) is 0 Å². The highest BCUT2D eigenvalue weighted by atomic mass is 19.4. The Kier molecular flexibility index (Phi) is 4.83. The molecule has 4 aromatic heterocycles. The first kappa shape index (κ1) is 22.4. The second-order valence-corrected chi connectivity index (χ2v) is 7.49. The Morgan fingerprint density at radius 3 is 2.40 bits per heavy atom. The van der Waals surface area contributed by atoms with E-state index in [0.717, 1.165) is 18.5 Å². The van der Waals surface area contributed by atoms with E-state index in [-0.39, 0.29) is 22.0 Å². The Labute approximate surface area is 189 Å². The van der Waals surface area contributed by atoms with Gasteiger partial charge < -0.3 is 9.97 Å². The first-order chi connectivity index (χ1) is 16.5. The summed E-state index contributed by atoms with van der Waals surface area (Å²) < 4.78 is 83.2. The highest BCUT2D eigenvalue weighted by Gasteiger charge is 2.40. The topological polar surface area (TPSA) is 96.4 Å². The molecule has 0 radical (unpaired) electrons. The fraction of sp³-hybridized carbons (Fsp3) is 0.0909. The standard InChI is InChI=1S/C22H11F6N5O2/c23-21(24,25)18-17-13(5-7-29-18)32-14(8-16(17)34)12-9-31-33(19(12)22(26,27)28)15-3-1-2-11-10(15)4-6-30-20(11)35/h1-9H,(H,30,35)(H,32,34). The van der Waals surface area contributed by atoms with E-state index in [4.69, 9.17) is 0 Å². The molecule has 0 bridgehead atoms. The van der Waals surface area contributed by atoms with Crippen molar-refractivity contribution in [3.05, 3.63) is 87.0 Å². The van der Waals surface area contributed by atoms with Crippen molar-refractivity contribution in [3.8, 4) is 16.9 Å². The molecule has 0 aliphatic carbocycles. The van der Waals surface area contributed by atoms with E-state index >= 15 is 0 Å². The summed E-state index contributed by atoms with van der Waals surface area (Å²) >= 11 is 0. The van der Waals surface area contributed by atoms with E-state index in [0.29, 0.717) is 10.7 Å². The molecule has 0 spiro atoms. The number of benzene rings is 1. The maximum absolute atomic E-state index is 14.2. The fourth-order valence-corrected chi connectivity index (χ4v) is 3.95. The van der Waals surface area contributed by atoms with Crippen LogP contribution < -0.4 is 11.0 Å². The number of halogens is 6. The van der Waals surface area contributed by atoms with Crippen LogP contribution in [0.2, 0.25) is 0 Å². The van der Waals surface area contributed by atoms with Gasteiger partial charge in [0.15, 0.2) is 16.8 Å². The van der Waals surface area contributed by atoms with Gasteiger partial charge >= 0.3 is 12.4 Å². The lowest BCUT2D eigenvalue weighted by atomic mass is 10.1. The van der Waals surface area contributed by atoms with Crippen molar-refractivity contribution >= 4 is 21.7 Å². The van der Waals surface area contributed by atoms with Crippen molar-refractivity contribution < 1.29 is 26.3 Å². The van der Waals surface area contributed by atoms with Crippen LogP contribution in [-0.4, -0.2) is 24.7 Å². The number of alkyl halides is 6. The first-order valence-electron chi connectivity index (χ1n) is 9.82. The molecule has 178 valence electrons. The molecule has 1 aromatic carbocycles. The Hall–Kier alpha value is -4.42. The maximum Gasteiger partial charge on any atom is 0.434 e. The molecular weight excluding hydrogens is 480 g/mol. The first-order valence-corrected chi connectivity index (χ1v) is 9.82. The van der Waals surface area contributed by atoms with Crippen molar-refractivity contribution in [1.29, 1.82) is 0 Å². The quantitative estimate of drug-likeness (QED) is 0.351. The zero-order chi connectivity index (χ0) is 25.1. The van der Waals surface area contributed by atoms with Crippen LogP contribution in [0.1, 0.15) is 11.4 Å². The number of nitrogens with one attached hydrogen (secondary N) is 2. The van der Waals surface area contributed by atoms with E-state index in [9.17, 15) is 35.9 Å². The molecule has 0 atom stereocenters. The average molecular weight is 491 g/mol. The van der Waals surface area contributed by atoms with Crippen LogP contribution in [0.3, 0.4) is 0 Å². The van der Waals surface area contributed by atoms with Gasteiger partial charge in [0, 0.05) is 34.8 Å². The molecule has 0 fully saturated rings. The molecule has 7 nitrogen and oxygen atoms in total. The summed E-state index contributed by atoms with van der Waals surface area (Å²) in [6.45, 7) is 0. The minimum absolute atomic E-state index is 0.0566. The monoisotopic (exact) mass is 491 g/mol. The summed E-state index contributed by atoms with van der Waals surface area (Å²) in [4.78, 5) is 32.8. The number of rotatable bonds is 2. The Balaban J connectivity index is 1.79. The predicted octanol–water partition coefficient (Wildman–Crippen LogP) is 4.65. The predicted molar refractivity (Wildman–Crippen MR) is 113 cm³/mol. The normalized spacial score (nSPS) is 12.5. The van der Waals surface area contributed by atoms with Crippen LogP contribution in [0, 0.1) is 0 Å². The molecule has 0 aliphatic rings. The summed E-state index contributed by atoms with van der Waals surface area (Å²) in [5.41, 5.74) is -5.76. The SMILES string of the molecule is O=c1[nH]ccc2c(-n3ncc(-c4cc(=O)c5c(C(F)(F)F)nccc5[nH]4)c3C(F)(F)F)cccc12. The number of aromatic amines is 2. The maximum atomic E-state index is 14.2. The van der Waals surface area contributed by atoms with Crippen molar-refractivity contribution in [3.63, 3.8) is 0 Å². The van der Waals surface area contributed by atoms with Gasteiger partial charge in [-0.2, -0.15) is 31.4 Å². The molecule has 5 rings (SSSR count). The van der Waals surface area contributed by atoms with Gasteiger partial charge in [0.25, 0.3) is 5.56 Å². The largest absolute Gasteiger partial charge is 0.434 e. The van der Waals surface area contributed by atoms with Gasteiger partial charge in [-0.1, -0.05) is 6.07 Å². The lowest BCUT2D eigenvalue weighted by Crippen LogP contribution is -2.17. The van der Waals surface area contributed by atoms with Gasteiger partial charge in [-0.25, -0.2) is 4.68 Å². The van der Waals surface area contributed by atoms with Gasteiger partial charge in [0.1, 0.15) is 0 Å². The van der Waals surface area contributed by atoms with Crippen molar-refractivity contribution in [2.24, 2.45) is 0 Å². The molecule has 5 aromatic rings. The van der Waals surface area contributed by atoms with E-state index in [1.54, 1.807) is 0 Å². The molecule has 0 saturated carbocycles. The smallest absolute Gasteiger partial charge is 0.354 e. The molecule has 4 heterocycles. The van der Waals surface area contributed by atoms with Crippen LogP contribution in [0.5, 0.6) is 0 Å². The van der Waals surface area contributed by atoms with Crippen LogP contribution in [-0.2, 0) is 12.4 Å². The third-order valence-electron chi connectivity index (χ3n) is 5.36. The minimum atomic E-state index is -4.99. The van der Waals surface area contributed by atoms with Gasteiger partial charge in [0.05, 0.1) is 28.5 Å². The molecular formula is C22H11F6N5O2. The van der Waals surface area contributed by atoms with Crippen molar-refractivity contribution in [1.82, 2.24) is 24.7 Å². The van der Waals surface area contributed by atoms with E-state index < -0.39 is 51.4 Å². The number of aromatic nitrogens is 5. The lowest BCUT2D eigenvalue weighted by Gasteiger charge is -2.15. The molecule has 0 amide bonds. The number of pyridine rings is 3. The summed E-state index contributed by atoms with van der Waals surface area (Å²) in [5.74, 6) is 0. The summed E-state index contributed by atoms with van der Waals surface area (Å²) in [6.07, 6.45) is -7.01. The molecule has 13 heteroatoms. The van der Waals surface area contributed by atoms with E-state index in [1.807, 2.05) is 0 Å². The summed E-state index contributed by atoms with van der Waals surface area (Å²) in [7, 11) is 0. The van der Waals surface area contributed by atoms with E-state index in [1.165, 1.54) is 30.5 Å². The minimum Gasteiger partial charge on any atom is -0.354 e. The zero-order valence-corrected chi connectivity index (χ0v) is 17.1. The zero-order valence-electron chi connectivity index (χ0n) is 17.1. The molecule has 0 aliphatic heterocycles. The van der Waals surface area contributed by atoms with E-state index in [2.05, 4.69) is 20.1 Å². The second-order valence-electron chi connectivity index (χ2n) is 7.49. The summed E-state index contributed by atoms with van der Waals surface area (Å²) in [5, 5.41) is 3.36. The van der Waals surface area contributed by atoms with Crippen LogP contribution >= 0.6 is 0 Å². The Morgan fingerprint density at radius 1 is 0.914 bits per heavy atom. The van der Waals surface area contributed by atoms with Gasteiger partial charge in [0.2, 0.25) is 0 Å². The second kappa shape index (κ2) is 7.55. The molecule has 2 N–H and O–H groups in total.